The summed E-state index contributed by atoms with van der Waals surface area (Å²) in [6, 6.07) is 17.9. The predicted octanol–water partition coefficient (Wildman–Crippen LogP) is 5.23. The highest BCUT2D eigenvalue weighted by Crippen LogP contribution is 2.21. The number of aryl methyl sites for hydroxylation is 1. The van der Waals surface area contributed by atoms with Crippen molar-refractivity contribution in [3.8, 4) is 0 Å². The Hall–Kier alpha value is -2.04. The number of nitrogens with zero attached hydrogens (tertiary/aromatic N) is 1. The lowest BCUT2D eigenvalue weighted by molar-refractivity contribution is 1.02. The molecule has 2 rings (SSSR count). The Morgan fingerprint density at radius 2 is 1.74 bits per heavy atom. The highest BCUT2D eigenvalue weighted by atomic mass is 35.5. The molecule has 0 N–H and O–H groups in total. The van der Waals surface area contributed by atoms with E-state index in [0.717, 1.165) is 29.0 Å². The van der Waals surface area contributed by atoms with Crippen LogP contribution in [-0.4, -0.2) is 0 Å². The summed E-state index contributed by atoms with van der Waals surface area (Å²) < 4.78 is 0. The lowest BCUT2D eigenvalue weighted by atomic mass is 9.99. The van der Waals surface area contributed by atoms with Crippen molar-refractivity contribution in [2.45, 2.75) is 12.8 Å². The van der Waals surface area contributed by atoms with Gasteiger partial charge in [0.1, 0.15) is 0 Å². The van der Waals surface area contributed by atoms with Gasteiger partial charge in [0.15, 0.2) is 6.20 Å². The molecule has 0 fully saturated rings. The zero-order chi connectivity index (χ0) is 13.5. The van der Waals surface area contributed by atoms with Gasteiger partial charge in [0.2, 0.25) is 0 Å². The summed E-state index contributed by atoms with van der Waals surface area (Å²) in [5, 5.41) is 0.753. The number of rotatable bonds is 4. The molecule has 0 aromatic heterocycles. The lowest BCUT2D eigenvalue weighted by Gasteiger charge is -2.07. The standard InChI is InChI=1S/C17H14ClN/c1-19-13-16(15-5-3-2-4-6-15)10-7-14-8-11-17(18)12-9-14/h2-6,8-9,11-13H,7,10H2/b16-13+. The molecule has 0 aliphatic heterocycles. The van der Waals surface area contributed by atoms with Gasteiger partial charge >= 0.3 is 0 Å². The summed E-state index contributed by atoms with van der Waals surface area (Å²) in [6.45, 7) is 7.02. The molecule has 0 unspecified atom stereocenters. The van der Waals surface area contributed by atoms with Gasteiger partial charge in [0, 0.05) is 5.02 Å². The highest BCUT2D eigenvalue weighted by molar-refractivity contribution is 6.30. The van der Waals surface area contributed by atoms with Crippen LogP contribution in [0, 0.1) is 6.57 Å². The van der Waals surface area contributed by atoms with E-state index in [1.54, 1.807) is 6.20 Å². The molecule has 2 aromatic rings. The fourth-order valence-electron chi connectivity index (χ4n) is 1.94. The predicted molar refractivity (Wildman–Crippen MR) is 80.8 cm³/mol. The van der Waals surface area contributed by atoms with E-state index >= 15 is 0 Å². The number of allylic oxidation sites excluding steroid dienone is 1. The Labute approximate surface area is 119 Å². The van der Waals surface area contributed by atoms with Crippen LogP contribution >= 0.6 is 11.6 Å². The molecule has 2 heteroatoms. The first-order chi connectivity index (χ1) is 9.29. The molecule has 0 aliphatic rings. The van der Waals surface area contributed by atoms with Gasteiger partial charge in [-0.3, -0.25) is 0 Å². The number of benzene rings is 2. The summed E-state index contributed by atoms with van der Waals surface area (Å²) in [7, 11) is 0. The van der Waals surface area contributed by atoms with E-state index in [1.165, 1.54) is 5.56 Å². The molecule has 94 valence electrons. The largest absolute Gasteiger partial charge is 0.246 e. The normalized spacial score (nSPS) is 11.1. The second-order valence-corrected chi connectivity index (χ2v) is 4.71. The molecule has 0 radical (unpaired) electrons. The van der Waals surface area contributed by atoms with Gasteiger partial charge < -0.3 is 0 Å². The minimum Gasteiger partial charge on any atom is -0.246 e. The molecular weight excluding hydrogens is 254 g/mol. The molecule has 0 saturated carbocycles. The van der Waals surface area contributed by atoms with Crippen molar-refractivity contribution in [2.75, 3.05) is 0 Å². The monoisotopic (exact) mass is 267 g/mol. The maximum absolute atomic E-state index is 7.02. The van der Waals surface area contributed by atoms with Crippen LogP contribution in [0.15, 0.2) is 60.8 Å². The van der Waals surface area contributed by atoms with E-state index < -0.39 is 0 Å². The average Bonchev–Trinajstić information content (AvgIpc) is 2.46. The summed E-state index contributed by atoms with van der Waals surface area (Å²) in [5.41, 5.74) is 3.43. The van der Waals surface area contributed by atoms with E-state index in [0.29, 0.717) is 0 Å². The Morgan fingerprint density at radius 1 is 1.05 bits per heavy atom. The van der Waals surface area contributed by atoms with Crippen molar-refractivity contribution in [1.82, 2.24) is 0 Å². The van der Waals surface area contributed by atoms with Crippen LogP contribution in [0.2, 0.25) is 5.02 Å². The highest BCUT2D eigenvalue weighted by Gasteiger charge is 2.02. The first-order valence-corrected chi connectivity index (χ1v) is 6.53. The van der Waals surface area contributed by atoms with Gasteiger partial charge in [0.25, 0.3) is 0 Å². The molecule has 0 amide bonds. The van der Waals surface area contributed by atoms with Crippen LogP contribution in [-0.2, 0) is 6.42 Å². The van der Waals surface area contributed by atoms with Crippen molar-refractivity contribution in [3.05, 3.63) is 88.4 Å². The smallest absolute Gasteiger partial charge is 0.157 e. The SMILES string of the molecule is [C-]#[N+]/C=C(\CCc1ccc(Cl)cc1)c1ccccc1. The zero-order valence-corrected chi connectivity index (χ0v) is 11.3. The maximum Gasteiger partial charge on any atom is 0.157 e. The fraction of sp³-hybridized carbons (Fsp3) is 0.118. The summed E-state index contributed by atoms with van der Waals surface area (Å²) >= 11 is 5.87. The van der Waals surface area contributed by atoms with Crippen LogP contribution in [0.1, 0.15) is 17.5 Å². The molecule has 2 aromatic carbocycles. The average molecular weight is 268 g/mol. The molecular formula is C17H14ClN. The third kappa shape index (κ3) is 3.98. The summed E-state index contributed by atoms with van der Waals surface area (Å²) in [6.07, 6.45) is 3.38. The molecule has 0 atom stereocenters. The van der Waals surface area contributed by atoms with Gasteiger partial charge in [0.05, 0.1) is 6.57 Å². The lowest BCUT2D eigenvalue weighted by Crippen LogP contribution is -1.89. The van der Waals surface area contributed by atoms with Crippen LogP contribution in [0.25, 0.3) is 10.4 Å². The third-order valence-electron chi connectivity index (χ3n) is 2.96. The number of halogens is 1. The van der Waals surface area contributed by atoms with E-state index in [2.05, 4.69) is 4.85 Å². The minimum atomic E-state index is 0.753. The molecule has 0 bridgehead atoms. The second kappa shape index (κ2) is 6.78. The van der Waals surface area contributed by atoms with Crippen LogP contribution in [0.3, 0.4) is 0 Å². The van der Waals surface area contributed by atoms with Crippen molar-refractivity contribution >= 4 is 17.2 Å². The molecule has 0 heterocycles. The molecule has 0 saturated heterocycles. The van der Waals surface area contributed by atoms with Crippen molar-refractivity contribution in [2.24, 2.45) is 0 Å². The Kier molecular flexibility index (Phi) is 4.78. The fourth-order valence-corrected chi connectivity index (χ4v) is 2.07. The van der Waals surface area contributed by atoms with E-state index in [4.69, 9.17) is 18.2 Å². The number of hydrogen-bond donors (Lipinski definition) is 0. The Morgan fingerprint density at radius 3 is 2.37 bits per heavy atom. The minimum absolute atomic E-state index is 0.753. The maximum atomic E-state index is 7.02. The van der Waals surface area contributed by atoms with E-state index in [1.807, 2.05) is 54.6 Å². The van der Waals surface area contributed by atoms with Gasteiger partial charge in [-0.2, -0.15) is 0 Å². The van der Waals surface area contributed by atoms with Gasteiger partial charge in [-0.05, 0) is 41.7 Å². The molecule has 0 aliphatic carbocycles. The first kappa shape index (κ1) is 13.4. The van der Waals surface area contributed by atoms with Gasteiger partial charge in [-0.15, -0.1) is 0 Å². The Bertz CT molecular complexity index is 591. The van der Waals surface area contributed by atoms with E-state index in [-0.39, 0.29) is 0 Å². The topological polar surface area (TPSA) is 4.36 Å². The zero-order valence-electron chi connectivity index (χ0n) is 10.5. The second-order valence-electron chi connectivity index (χ2n) is 4.28. The summed E-state index contributed by atoms with van der Waals surface area (Å²) in [5.74, 6) is 0. The molecule has 0 spiro atoms. The molecule has 19 heavy (non-hydrogen) atoms. The van der Waals surface area contributed by atoms with Crippen LogP contribution in [0.5, 0.6) is 0 Å². The third-order valence-corrected chi connectivity index (χ3v) is 3.21. The molecule has 1 nitrogen and oxygen atoms in total. The first-order valence-electron chi connectivity index (χ1n) is 6.15. The van der Waals surface area contributed by atoms with Crippen molar-refractivity contribution in [3.63, 3.8) is 0 Å². The summed E-state index contributed by atoms with van der Waals surface area (Å²) in [4.78, 5) is 3.41. The van der Waals surface area contributed by atoms with Crippen LogP contribution in [0.4, 0.5) is 0 Å². The Balaban J connectivity index is 2.09. The van der Waals surface area contributed by atoms with E-state index in [9.17, 15) is 0 Å². The van der Waals surface area contributed by atoms with Gasteiger partial charge in [-0.1, -0.05) is 54.1 Å². The van der Waals surface area contributed by atoms with Crippen molar-refractivity contribution in [1.29, 1.82) is 0 Å². The van der Waals surface area contributed by atoms with Crippen LogP contribution < -0.4 is 0 Å². The van der Waals surface area contributed by atoms with Crippen molar-refractivity contribution < 1.29 is 0 Å². The quantitative estimate of drug-likeness (QED) is 0.668. The number of hydrogen-bond acceptors (Lipinski definition) is 0. The van der Waals surface area contributed by atoms with Gasteiger partial charge in [-0.25, -0.2) is 4.85 Å².